The Morgan fingerprint density at radius 1 is 1.25 bits per heavy atom. The molecule has 0 aliphatic heterocycles. The summed E-state index contributed by atoms with van der Waals surface area (Å²) < 4.78 is 36.0. The number of carbonyl (C=O) groups excluding carboxylic acids is 1. The van der Waals surface area contributed by atoms with Crippen molar-refractivity contribution in [3.05, 3.63) is 0 Å². The maximum Gasteiger partial charge on any atom is 0.389 e. The van der Waals surface area contributed by atoms with Crippen LogP contribution in [0, 0.1) is 11.8 Å². The molecule has 0 heterocycles. The molecule has 0 aromatic heterocycles. The van der Waals surface area contributed by atoms with Crippen LogP contribution in [0.5, 0.6) is 0 Å². The van der Waals surface area contributed by atoms with E-state index in [-0.39, 0.29) is 24.0 Å². The molecule has 16 heavy (non-hydrogen) atoms. The van der Waals surface area contributed by atoms with E-state index >= 15 is 0 Å². The summed E-state index contributed by atoms with van der Waals surface area (Å²) in [6.07, 6.45) is -2.08. The number of hydrogen-bond acceptors (Lipinski definition) is 2. The third-order valence-corrected chi connectivity index (χ3v) is 3.28. The van der Waals surface area contributed by atoms with Crippen LogP contribution in [-0.4, -0.2) is 18.5 Å². The number of hydrogen-bond donors (Lipinski definition) is 1. The average Bonchev–Trinajstić information content (AvgIpc) is 2.25. The summed E-state index contributed by atoms with van der Waals surface area (Å²) in [6.45, 7) is 0.405. The Hall–Kier alpha value is -0.580. The molecular formula is C11H18F3NO. The van der Waals surface area contributed by atoms with Gasteiger partial charge < -0.3 is 5.73 Å². The SMILES string of the molecule is NCC1CCCCC1C(=O)CCC(F)(F)F. The van der Waals surface area contributed by atoms with Crippen molar-refractivity contribution in [3.63, 3.8) is 0 Å². The quantitative estimate of drug-likeness (QED) is 0.816. The smallest absolute Gasteiger partial charge is 0.330 e. The highest BCUT2D eigenvalue weighted by molar-refractivity contribution is 5.81. The number of carbonyl (C=O) groups is 1. The zero-order valence-corrected chi connectivity index (χ0v) is 9.22. The summed E-state index contributed by atoms with van der Waals surface area (Å²) in [5.41, 5.74) is 5.54. The Kier molecular flexibility index (Phi) is 4.77. The first-order valence-corrected chi connectivity index (χ1v) is 5.73. The van der Waals surface area contributed by atoms with Crippen molar-refractivity contribution in [2.24, 2.45) is 17.6 Å². The molecule has 0 amide bonds. The van der Waals surface area contributed by atoms with Crippen molar-refractivity contribution in [2.75, 3.05) is 6.54 Å². The van der Waals surface area contributed by atoms with E-state index in [1.807, 2.05) is 0 Å². The Morgan fingerprint density at radius 3 is 2.44 bits per heavy atom. The van der Waals surface area contributed by atoms with Crippen molar-refractivity contribution in [2.45, 2.75) is 44.7 Å². The first kappa shape index (κ1) is 13.5. The van der Waals surface area contributed by atoms with Gasteiger partial charge in [-0.1, -0.05) is 12.8 Å². The van der Waals surface area contributed by atoms with Crippen LogP contribution in [0.25, 0.3) is 0 Å². The van der Waals surface area contributed by atoms with Gasteiger partial charge in [0.05, 0.1) is 6.42 Å². The number of nitrogens with two attached hydrogens (primary N) is 1. The van der Waals surface area contributed by atoms with Gasteiger partial charge in [0.15, 0.2) is 0 Å². The van der Waals surface area contributed by atoms with Crippen LogP contribution in [0.4, 0.5) is 13.2 Å². The van der Waals surface area contributed by atoms with Gasteiger partial charge in [-0.2, -0.15) is 13.2 Å². The van der Waals surface area contributed by atoms with Crippen molar-refractivity contribution in [1.82, 2.24) is 0 Å². The second-order valence-electron chi connectivity index (χ2n) is 4.47. The van der Waals surface area contributed by atoms with E-state index in [0.29, 0.717) is 13.0 Å². The molecule has 5 heteroatoms. The van der Waals surface area contributed by atoms with E-state index in [9.17, 15) is 18.0 Å². The highest BCUT2D eigenvalue weighted by Gasteiger charge is 2.33. The van der Waals surface area contributed by atoms with Crippen LogP contribution in [0.3, 0.4) is 0 Å². The third-order valence-electron chi connectivity index (χ3n) is 3.28. The predicted molar refractivity (Wildman–Crippen MR) is 54.8 cm³/mol. The van der Waals surface area contributed by atoms with Gasteiger partial charge in [-0.3, -0.25) is 4.79 Å². The van der Waals surface area contributed by atoms with Crippen LogP contribution in [0.15, 0.2) is 0 Å². The van der Waals surface area contributed by atoms with Crippen LogP contribution in [0.1, 0.15) is 38.5 Å². The fourth-order valence-corrected chi connectivity index (χ4v) is 2.36. The van der Waals surface area contributed by atoms with Gasteiger partial charge in [0.1, 0.15) is 5.78 Å². The lowest BCUT2D eigenvalue weighted by Gasteiger charge is -2.29. The number of Topliss-reactive ketones (excluding diaryl/α,β-unsaturated/α-hetero) is 1. The molecule has 2 nitrogen and oxygen atoms in total. The second kappa shape index (κ2) is 5.66. The maximum absolute atomic E-state index is 12.0. The minimum Gasteiger partial charge on any atom is -0.330 e. The van der Waals surface area contributed by atoms with Crippen LogP contribution in [-0.2, 0) is 4.79 Å². The van der Waals surface area contributed by atoms with Gasteiger partial charge in [0, 0.05) is 12.3 Å². The molecule has 2 N–H and O–H groups in total. The number of halogens is 3. The van der Waals surface area contributed by atoms with Crippen molar-refractivity contribution < 1.29 is 18.0 Å². The normalized spacial score (nSPS) is 26.8. The molecule has 2 atom stereocenters. The second-order valence-corrected chi connectivity index (χ2v) is 4.47. The van der Waals surface area contributed by atoms with Gasteiger partial charge in [0.2, 0.25) is 0 Å². The Morgan fingerprint density at radius 2 is 1.88 bits per heavy atom. The highest BCUT2D eigenvalue weighted by Crippen LogP contribution is 2.32. The van der Waals surface area contributed by atoms with Crippen molar-refractivity contribution >= 4 is 5.78 Å². The van der Waals surface area contributed by atoms with Crippen LogP contribution in [0.2, 0.25) is 0 Å². The summed E-state index contributed by atoms with van der Waals surface area (Å²) in [6, 6.07) is 0. The number of alkyl halides is 3. The average molecular weight is 237 g/mol. The predicted octanol–water partition coefficient (Wildman–Crippen LogP) is 2.66. The zero-order valence-electron chi connectivity index (χ0n) is 9.22. The van der Waals surface area contributed by atoms with Gasteiger partial charge in [-0.15, -0.1) is 0 Å². The van der Waals surface area contributed by atoms with E-state index < -0.39 is 12.6 Å². The molecule has 1 rings (SSSR count). The zero-order chi connectivity index (χ0) is 12.2. The van der Waals surface area contributed by atoms with Gasteiger partial charge in [-0.05, 0) is 25.3 Å². The number of rotatable bonds is 4. The van der Waals surface area contributed by atoms with Crippen molar-refractivity contribution in [3.8, 4) is 0 Å². The van der Waals surface area contributed by atoms with Crippen LogP contribution < -0.4 is 5.73 Å². The molecule has 94 valence electrons. The first-order valence-electron chi connectivity index (χ1n) is 5.73. The molecule has 0 bridgehead atoms. The van der Waals surface area contributed by atoms with Gasteiger partial charge >= 0.3 is 6.18 Å². The summed E-state index contributed by atoms with van der Waals surface area (Å²) in [5, 5.41) is 0. The monoisotopic (exact) mass is 237 g/mol. The van der Waals surface area contributed by atoms with Gasteiger partial charge in [-0.25, -0.2) is 0 Å². The van der Waals surface area contributed by atoms with E-state index in [4.69, 9.17) is 5.73 Å². The lowest BCUT2D eigenvalue weighted by atomic mass is 9.76. The minimum absolute atomic E-state index is 0.0921. The maximum atomic E-state index is 12.0. The lowest BCUT2D eigenvalue weighted by Crippen LogP contribution is -2.32. The van der Waals surface area contributed by atoms with E-state index in [1.54, 1.807) is 0 Å². The Labute approximate surface area is 93.4 Å². The van der Waals surface area contributed by atoms with Crippen LogP contribution >= 0.6 is 0 Å². The molecule has 0 saturated heterocycles. The van der Waals surface area contributed by atoms with E-state index in [0.717, 1.165) is 19.3 Å². The third kappa shape index (κ3) is 4.12. The number of ketones is 1. The Balaban J connectivity index is 2.45. The van der Waals surface area contributed by atoms with E-state index in [1.165, 1.54) is 0 Å². The van der Waals surface area contributed by atoms with Crippen molar-refractivity contribution in [1.29, 1.82) is 0 Å². The van der Waals surface area contributed by atoms with Gasteiger partial charge in [0.25, 0.3) is 0 Å². The summed E-state index contributed by atoms with van der Waals surface area (Å²) in [4.78, 5) is 11.7. The minimum atomic E-state index is -4.23. The fourth-order valence-electron chi connectivity index (χ4n) is 2.36. The largest absolute Gasteiger partial charge is 0.389 e. The standard InChI is InChI=1S/C11H18F3NO/c12-11(13,14)6-5-10(16)9-4-2-1-3-8(9)7-15/h8-9H,1-7,15H2. The Bertz CT molecular complexity index is 240. The molecule has 1 aliphatic rings. The molecular weight excluding hydrogens is 219 g/mol. The molecule has 1 fully saturated rings. The molecule has 0 aromatic rings. The topological polar surface area (TPSA) is 43.1 Å². The van der Waals surface area contributed by atoms with E-state index in [2.05, 4.69) is 0 Å². The molecule has 2 unspecified atom stereocenters. The summed E-state index contributed by atoms with van der Waals surface area (Å²) in [7, 11) is 0. The molecule has 0 spiro atoms. The molecule has 0 radical (unpaired) electrons. The molecule has 1 saturated carbocycles. The summed E-state index contributed by atoms with van der Waals surface area (Å²) in [5.74, 6) is -0.400. The lowest BCUT2D eigenvalue weighted by molar-refractivity contribution is -0.146. The summed E-state index contributed by atoms with van der Waals surface area (Å²) >= 11 is 0. The first-order chi connectivity index (χ1) is 7.44. The fraction of sp³-hybridized carbons (Fsp3) is 0.909. The molecule has 0 aromatic carbocycles. The highest BCUT2D eigenvalue weighted by atomic mass is 19.4. The molecule has 1 aliphatic carbocycles.